The SMILES string of the molecule is Cc1nn(C)c(C)c1CN(C(=O)c1cn(CCc2ccccc2)nn1)C(C)C. The van der Waals surface area contributed by atoms with E-state index in [0.717, 1.165) is 23.4 Å². The van der Waals surface area contributed by atoms with Crippen molar-refractivity contribution in [2.45, 2.75) is 53.2 Å². The molecule has 0 N–H and O–H groups in total. The first-order valence-electron chi connectivity index (χ1n) is 9.61. The van der Waals surface area contributed by atoms with Crippen molar-refractivity contribution >= 4 is 5.91 Å². The molecule has 0 saturated carbocycles. The Hall–Kier alpha value is -2.96. The van der Waals surface area contributed by atoms with E-state index in [1.165, 1.54) is 5.56 Å². The molecule has 0 radical (unpaired) electrons. The van der Waals surface area contributed by atoms with E-state index in [9.17, 15) is 4.79 Å². The minimum Gasteiger partial charge on any atom is -0.330 e. The van der Waals surface area contributed by atoms with Crippen LogP contribution in [0.4, 0.5) is 0 Å². The van der Waals surface area contributed by atoms with Gasteiger partial charge in [-0.3, -0.25) is 14.2 Å². The highest BCUT2D eigenvalue weighted by molar-refractivity contribution is 5.92. The summed E-state index contributed by atoms with van der Waals surface area (Å²) in [6.07, 6.45) is 2.59. The van der Waals surface area contributed by atoms with Crippen LogP contribution < -0.4 is 0 Å². The number of rotatable bonds is 7. The number of amides is 1. The van der Waals surface area contributed by atoms with Crippen LogP contribution in [0.5, 0.6) is 0 Å². The summed E-state index contributed by atoms with van der Waals surface area (Å²) in [6.45, 7) is 9.23. The highest BCUT2D eigenvalue weighted by Crippen LogP contribution is 2.18. The Kier molecular flexibility index (Phi) is 5.92. The van der Waals surface area contributed by atoms with E-state index < -0.39 is 0 Å². The Bertz CT molecular complexity index is 941. The summed E-state index contributed by atoms with van der Waals surface area (Å²) in [5, 5.41) is 12.7. The van der Waals surface area contributed by atoms with Gasteiger partial charge in [-0.05, 0) is 39.7 Å². The number of hydrogen-bond donors (Lipinski definition) is 0. The van der Waals surface area contributed by atoms with Gasteiger partial charge in [0, 0.05) is 37.4 Å². The topological polar surface area (TPSA) is 68.8 Å². The number of hydrogen-bond acceptors (Lipinski definition) is 4. The number of carbonyl (C=O) groups excluding carboxylic acids is 1. The summed E-state index contributed by atoms with van der Waals surface area (Å²) in [5.41, 5.74) is 4.71. The van der Waals surface area contributed by atoms with E-state index in [-0.39, 0.29) is 11.9 Å². The second-order valence-corrected chi connectivity index (χ2v) is 7.40. The van der Waals surface area contributed by atoms with Crippen LogP contribution in [-0.2, 0) is 26.6 Å². The van der Waals surface area contributed by atoms with Gasteiger partial charge in [-0.2, -0.15) is 5.10 Å². The predicted octanol–water partition coefficient (Wildman–Crippen LogP) is 2.92. The van der Waals surface area contributed by atoms with E-state index in [4.69, 9.17) is 0 Å². The third kappa shape index (κ3) is 4.30. The van der Waals surface area contributed by atoms with Crippen LogP contribution in [0.15, 0.2) is 36.5 Å². The fourth-order valence-electron chi connectivity index (χ4n) is 3.25. The summed E-state index contributed by atoms with van der Waals surface area (Å²) in [6, 6.07) is 10.3. The molecule has 2 heterocycles. The highest BCUT2D eigenvalue weighted by atomic mass is 16.2. The molecule has 1 aromatic carbocycles. The van der Waals surface area contributed by atoms with Crippen molar-refractivity contribution in [1.29, 1.82) is 0 Å². The maximum Gasteiger partial charge on any atom is 0.276 e. The molecule has 0 atom stereocenters. The molecule has 2 aromatic heterocycles. The summed E-state index contributed by atoms with van der Waals surface area (Å²) >= 11 is 0. The van der Waals surface area contributed by atoms with Crippen molar-refractivity contribution in [1.82, 2.24) is 29.7 Å². The van der Waals surface area contributed by atoms with E-state index in [2.05, 4.69) is 27.5 Å². The molecule has 3 rings (SSSR count). The second kappa shape index (κ2) is 8.37. The zero-order valence-corrected chi connectivity index (χ0v) is 17.3. The molecule has 0 bridgehead atoms. The van der Waals surface area contributed by atoms with Gasteiger partial charge in [-0.15, -0.1) is 5.10 Å². The first-order chi connectivity index (χ1) is 13.4. The monoisotopic (exact) mass is 380 g/mol. The molecule has 0 aliphatic rings. The van der Waals surface area contributed by atoms with Gasteiger partial charge in [0.15, 0.2) is 5.69 Å². The van der Waals surface area contributed by atoms with Crippen molar-refractivity contribution in [2.75, 3.05) is 0 Å². The second-order valence-electron chi connectivity index (χ2n) is 7.40. The van der Waals surface area contributed by atoms with Gasteiger partial charge in [-0.25, -0.2) is 0 Å². The Morgan fingerprint density at radius 3 is 2.50 bits per heavy atom. The average Bonchev–Trinajstić information content (AvgIpc) is 3.24. The molecule has 0 spiro atoms. The number of benzene rings is 1. The average molecular weight is 380 g/mol. The van der Waals surface area contributed by atoms with Crippen molar-refractivity contribution < 1.29 is 4.79 Å². The van der Waals surface area contributed by atoms with Gasteiger partial charge in [-0.1, -0.05) is 35.5 Å². The minimum absolute atomic E-state index is 0.0426. The maximum absolute atomic E-state index is 13.1. The van der Waals surface area contributed by atoms with Crippen LogP contribution in [0.25, 0.3) is 0 Å². The lowest BCUT2D eigenvalue weighted by molar-refractivity contribution is 0.0683. The quantitative estimate of drug-likeness (QED) is 0.632. The van der Waals surface area contributed by atoms with Crippen LogP contribution in [0, 0.1) is 13.8 Å². The fourth-order valence-corrected chi connectivity index (χ4v) is 3.25. The molecular weight excluding hydrogens is 352 g/mol. The van der Waals surface area contributed by atoms with E-state index in [0.29, 0.717) is 18.8 Å². The van der Waals surface area contributed by atoms with Crippen LogP contribution in [0.1, 0.15) is 46.9 Å². The van der Waals surface area contributed by atoms with Crippen LogP contribution in [0.2, 0.25) is 0 Å². The largest absolute Gasteiger partial charge is 0.330 e. The lowest BCUT2D eigenvalue weighted by Crippen LogP contribution is -2.37. The summed E-state index contributed by atoms with van der Waals surface area (Å²) < 4.78 is 3.59. The van der Waals surface area contributed by atoms with Crippen molar-refractivity contribution in [3.8, 4) is 0 Å². The Balaban J connectivity index is 1.72. The van der Waals surface area contributed by atoms with Crippen LogP contribution in [-0.4, -0.2) is 41.6 Å². The standard InChI is InChI=1S/C21H28N6O/c1-15(2)27(13-19-16(3)23-25(5)17(19)4)21(28)20-14-26(24-22-20)12-11-18-9-7-6-8-10-18/h6-10,14-15H,11-13H2,1-5H3. The summed E-state index contributed by atoms with van der Waals surface area (Å²) in [4.78, 5) is 14.9. The molecule has 0 aliphatic carbocycles. The lowest BCUT2D eigenvalue weighted by atomic mass is 10.1. The maximum atomic E-state index is 13.1. The summed E-state index contributed by atoms with van der Waals surface area (Å²) in [5.74, 6) is -0.108. The summed E-state index contributed by atoms with van der Waals surface area (Å²) in [7, 11) is 1.92. The number of aromatic nitrogens is 5. The zero-order chi connectivity index (χ0) is 20.3. The van der Waals surface area contributed by atoms with Gasteiger partial charge < -0.3 is 4.90 Å². The van der Waals surface area contributed by atoms with Gasteiger partial charge in [0.1, 0.15) is 0 Å². The Morgan fingerprint density at radius 2 is 1.89 bits per heavy atom. The van der Waals surface area contributed by atoms with Crippen molar-refractivity contribution in [3.05, 3.63) is 64.7 Å². The van der Waals surface area contributed by atoms with Gasteiger partial charge in [0.25, 0.3) is 5.91 Å². The smallest absolute Gasteiger partial charge is 0.276 e. The van der Waals surface area contributed by atoms with E-state index in [1.54, 1.807) is 10.9 Å². The van der Waals surface area contributed by atoms with E-state index >= 15 is 0 Å². The van der Waals surface area contributed by atoms with E-state index in [1.807, 2.05) is 62.5 Å². The first-order valence-corrected chi connectivity index (χ1v) is 9.61. The molecule has 148 valence electrons. The molecule has 0 unspecified atom stereocenters. The minimum atomic E-state index is -0.108. The van der Waals surface area contributed by atoms with Crippen LogP contribution >= 0.6 is 0 Å². The number of carbonyl (C=O) groups is 1. The molecule has 7 heteroatoms. The molecule has 0 aliphatic heterocycles. The first kappa shape index (κ1) is 19.8. The van der Waals surface area contributed by atoms with Crippen molar-refractivity contribution in [3.63, 3.8) is 0 Å². The van der Waals surface area contributed by atoms with Gasteiger partial charge in [0.2, 0.25) is 0 Å². The lowest BCUT2D eigenvalue weighted by Gasteiger charge is -2.26. The van der Waals surface area contributed by atoms with Gasteiger partial charge in [0.05, 0.1) is 11.9 Å². The fraction of sp³-hybridized carbons (Fsp3) is 0.429. The predicted molar refractivity (Wildman–Crippen MR) is 108 cm³/mol. The third-order valence-corrected chi connectivity index (χ3v) is 5.10. The Morgan fingerprint density at radius 1 is 1.18 bits per heavy atom. The molecule has 1 amide bonds. The normalized spacial score (nSPS) is 11.2. The van der Waals surface area contributed by atoms with Gasteiger partial charge >= 0.3 is 0 Å². The van der Waals surface area contributed by atoms with Crippen LogP contribution in [0.3, 0.4) is 0 Å². The number of nitrogens with zero attached hydrogens (tertiary/aromatic N) is 6. The highest BCUT2D eigenvalue weighted by Gasteiger charge is 2.24. The third-order valence-electron chi connectivity index (χ3n) is 5.10. The van der Waals surface area contributed by atoms with Crippen molar-refractivity contribution in [2.24, 2.45) is 7.05 Å². The molecule has 7 nitrogen and oxygen atoms in total. The Labute approximate surface area is 166 Å². The number of aryl methyl sites for hydroxylation is 4. The zero-order valence-electron chi connectivity index (χ0n) is 17.3. The molecular formula is C21H28N6O. The molecule has 28 heavy (non-hydrogen) atoms. The molecule has 0 saturated heterocycles. The molecule has 0 fully saturated rings. The molecule has 3 aromatic rings.